The molecule has 1 heteroatoms. The van der Waals surface area contributed by atoms with Gasteiger partial charge in [-0.2, -0.15) is 0 Å². The number of benzene rings is 5. The van der Waals surface area contributed by atoms with E-state index in [1.807, 2.05) is 0 Å². The minimum atomic E-state index is 1.19. The van der Waals surface area contributed by atoms with Crippen molar-refractivity contribution in [2.24, 2.45) is 0 Å². The monoisotopic (exact) mass is 435 g/mol. The fraction of sp³-hybridized carbons (Fsp3) is 0.0303. The molecule has 6 aromatic rings. The Kier molecular flexibility index (Phi) is 5.08. The molecule has 5 aromatic carbocycles. The van der Waals surface area contributed by atoms with Gasteiger partial charge in [0.1, 0.15) is 0 Å². The van der Waals surface area contributed by atoms with Crippen molar-refractivity contribution in [3.8, 4) is 16.8 Å². The summed E-state index contributed by atoms with van der Waals surface area (Å²) in [6.45, 7) is 2.11. The molecule has 0 unspecified atom stereocenters. The third-order valence-electron chi connectivity index (χ3n) is 6.48. The van der Waals surface area contributed by atoms with Gasteiger partial charge in [0.15, 0.2) is 0 Å². The van der Waals surface area contributed by atoms with Gasteiger partial charge in [0.05, 0.1) is 11.0 Å². The fourth-order valence-corrected chi connectivity index (χ4v) is 4.66. The summed E-state index contributed by atoms with van der Waals surface area (Å²) in [7, 11) is 0. The Balaban J connectivity index is 1.38. The van der Waals surface area contributed by atoms with Gasteiger partial charge in [0.25, 0.3) is 0 Å². The molecule has 0 N–H and O–H groups in total. The second kappa shape index (κ2) is 8.53. The summed E-state index contributed by atoms with van der Waals surface area (Å²) in [4.78, 5) is 0. The average Bonchev–Trinajstić information content (AvgIpc) is 3.23. The molecule has 0 aliphatic rings. The van der Waals surface area contributed by atoms with E-state index in [0.29, 0.717) is 0 Å². The Morgan fingerprint density at radius 2 is 1.09 bits per heavy atom. The summed E-state index contributed by atoms with van der Waals surface area (Å²) in [5, 5.41) is 2.56. The standard InChI is InChI=1S/C33H25N/c1-24-11-13-25(14-12-24)15-16-26-17-19-27(20-18-26)28-21-22-33-31(23-28)30-9-5-6-10-32(30)34(33)29-7-3-2-4-8-29/h2-23H,1H3/b16-15+. The van der Waals surface area contributed by atoms with Crippen LogP contribution in [0.4, 0.5) is 0 Å². The van der Waals surface area contributed by atoms with Gasteiger partial charge in [-0.25, -0.2) is 0 Å². The Bertz CT molecular complexity index is 1620. The first-order chi connectivity index (χ1) is 16.8. The Morgan fingerprint density at radius 3 is 1.82 bits per heavy atom. The maximum Gasteiger partial charge on any atom is 0.0541 e. The molecule has 0 fully saturated rings. The third kappa shape index (κ3) is 3.72. The predicted molar refractivity (Wildman–Crippen MR) is 146 cm³/mol. The van der Waals surface area contributed by atoms with Crippen LogP contribution in [-0.4, -0.2) is 4.57 Å². The van der Waals surface area contributed by atoms with Crippen molar-refractivity contribution in [1.82, 2.24) is 4.57 Å². The van der Waals surface area contributed by atoms with Gasteiger partial charge in [-0.15, -0.1) is 0 Å². The number of nitrogens with zero attached hydrogens (tertiary/aromatic N) is 1. The minimum Gasteiger partial charge on any atom is -0.309 e. The number of para-hydroxylation sites is 2. The van der Waals surface area contributed by atoms with Crippen LogP contribution in [0, 0.1) is 6.92 Å². The van der Waals surface area contributed by atoms with Crippen LogP contribution in [0.1, 0.15) is 16.7 Å². The van der Waals surface area contributed by atoms with Crippen LogP contribution in [0.25, 0.3) is 50.8 Å². The highest BCUT2D eigenvalue weighted by Crippen LogP contribution is 2.34. The van der Waals surface area contributed by atoms with E-state index in [2.05, 4.69) is 145 Å². The van der Waals surface area contributed by atoms with Crippen LogP contribution in [0.2, 0.25) is 0 Å². The number of hydrogen-bond acceptors (Lipinski definition) is 0. The quantitative estimate of drug-likeness (QED) is 0.244. The van der Waals surface area contributed by atoms with Gasteiger partial charge >= 0.3 is 0 Å². The average molecular weight is 436 g/mol. The topological polar surface area (TPSA) is 4.93 Å². The van der Waals surface area contributed by atoms with Crippen LogP contribution < -0.4 is 0 Å². The molecule has 1 heterocycles. The van der Waals surface area contributed by atoms with Crippen molar-refractivity contribution in [3.63, 3.8) is 0 Å². The van der Waals surface area contributed by atoms with Crippen molar-refractivity contribution in [2.75, 3.05) is 0 Å². The van der Waals surface area contributed by atoms with E-state index in [4.69, 9.17) is 0 Å². The van der Waals surface area contributed by atoms with Crippen LogP contribution >= 0.6 is 0 Å². The highest BCUT2D eigenvalue weighted by atomic mass is 15.0. The second-order valence-electron chi connectivity index (χ2n) is 8.79. The van der Waals surface area contributed by atoms with Gasteiger partial charge in [0, 0.05) is 16.5 Å². The molecular formula is C33H25N. The van der Waals surface area contributed by atoms with Crippen molar-refractivity contribution in [1.29, 1.82) is 0 Å². The third-order valence-corrected chi connectivity index (χ3v) is 6.48. The molecule has 0 atom stereocenters. The molecule has 0 bridgehead atoms. The second-order valence-corrected chi connectivity index (χ2v) is 8.79. The molecule has 34 heavy (non-hydrogen) atoms. The number of aromatic nitrogens is 1. The molecule has 0 spiro atoms. The molecule has 162 valence electrons. The van der Waals surface area contributed by atoms with Crippen LogP contribution in [-0.2, 0) is 0 Å². The first-order valence-corrected chi connectivity index (χ1v) is 11.7. The Morgan fingerprint density at radius 1 is 0.500 bits per heavy atom. The lowest BCUT2D eigenvalue weighted by molar-refractivity contribution is 1.18. The summed E-state index contributed by atoms with van der Waals surface area (Å²) >= 11 is 0. The van der Waals surface area contributed by atoms with E-state index in [1.165, 1.54) is 55.3 Å². The first-order valence-electron chi connectivity index (χ1n) is 11.7. The molecule has 0 saturated heterocycles. The lowest BCUT2D eigenvalue weighted by Crippen LogP contribution is -1.92. The molecule has 1 nitrogen and oxygen atoms in total. The van der Waals surface area contributed by atoms with E-state index >= 15 is 0 Å². The van der Waals surface area contributed by atoms with Gasteiger partial charge < -0.3 is 4.57 Å². The zero-order valence-corrected chi connectivity index (χ0v) is 19.1. The highest BCUT2D eigenvalue weighted by Gasteiger charge is 2.12. The molecule has 0 amide bonds. The molecule has 0 radical (unpaired) electrons. The molecule has 0 aliphatic heterocycles. The van der Waals surface area contributed by atoms with Crippen LogP contribution in [0.3, 0.4) is 0 Å². The highest BCUT2D eigenvalue weighted by molar-refractivity contribution is 6.10. The zero-order valence-electron chi connectivity index (χ0n) is 19.1. The summed E-state index contributed by atoms with van der Waals surface area (Å²) < 4.78 is 2.35. The smallest absolute Gasteiger partial charge is 0.0541 e. The van der Waals surface area contributed by atoms with E-state index in [-0.39, 0.29) is 0 Å². The molecule has 1 aromatic heterocycles. The normalized spacial score (nSPS) is 11.6. The van der Waals surface area contributed by atoms with E-state index in [1.54, 1.807) is 0 Å². The van der Waals surface area contributed by atoms with Crippen molar-refractivity contribution in [3.05, 3.63) is 138 Å². The number of aryl methyl sites for hydroxylation is 1. The van der Waals surface area contributed by atoms with E-state index < -0.39 is 0 Å². The van der Waals surface area contributed by atoms with Crippen molar-refractivity contribution < 1.29 is 0 Å². The largest absolute Gasteiger partial charge is 0.309 e. The molecular weight excluding hydrogens is 410 g/mol. The summed E-state index contributed by atoms with van der Waals surface area (Å²) in [6.07, 6.45) is 4.34. The summed E-state index contributed by atoms with van der Waals surface area (Å²) in [5.74, 6) is 0. The number of rotatable bonds is 4. The SMILES string of the molecule is Cc1ccc(/C=C/c2ccc(-c3ccc4c(c3)c3ccccc3n4-c3ccccc3)cc2)cc1. The predicted octanol–water partition coefficient (Wildman–Crippen LogP) is 8.93. The summed E-state index contributed by atoms with van der Waals surface area (Å²) in [6, 6.07) is 43.5. The van der Waals surface area contributed by atoms with E-state index in [0.717, 1.165) is 0 Å². The zero-order chi connectivity index (χ0) is 22.9. The van der Waals surface area contributed by atoms with Crippen LogP contribution in [0.5, 0.6) is 0 Å². The van der Waals surface area contributed by atoms with Crippen LogP contribution in [0.15, 0.2) is 121 Å². The molecule has 6 rings (SSSR count). The Labute approximate surface area is 200 Å². The van der Waals surface area contributed by atoms with Gasteiger partial charge in [-0.05, 0) is 59.5 Å². The Hall–Kier alpha value is -4.36. The van der Waals surface area contributed by atoms with Crippen molar-refractivity contribution >= 4 is 34.0 Å². The number of hydrogen-bond donors (Lipinski definition) is 0. The molecule has 0 saturated carbocycles. The van der Waals surface area contributed by atoms with Gasteiger partial charge in [-0.1, -0.05) is 109 Å². The number of fused-ring (bicyclic) bond motifs is 3. The van der Waals surface area contributed by atoms with Crippen molar-refractivity contribution in [2.45, 2.75) is 6.92 Å². The van der Waals surface area contributed by atoms with Gasteiger partial charge in [-0.3, -0.25) is 0 Å². The maximum atomic E-state index is 2.35. The lowest BCUT2D eigenvalue weighted by atomic mass is 10.0. The first kappa shape index (κ1) is 20.3. The fourth-order valence-electron chi connectivity index (χ4n) is 4.66. The van der Waals surface area contributed by atoms with Gasteiger partial charge in [0.2, 0.25) is 0 Å². The minimum absolute atomic E-state index is 1.19. The summed E-state index contributed by atoms with van der Waals surface area (Å²) in [5.41, 5.74) is 9.81. The molecule has 0 aliphatic carbocycles. The van der Waals surface area contributed by atoms with E-state index in [9.17, 15) is 0 Å². The lowest BCUT2D eigenvalue weighted by Gasteiger charge is -2.08. The maximum absolute atomic E-state index is 2.35.